The van der Waals surface area contributed by atoms with E-state index in [4.69, 9.17) is 9.47 Å². The number of nitrogens with zero attached hydrogens (tertiary/aromatic N) is 1. The number of carboxylic acid groups (broad SMARTS) is 1. The van der Waals surface area contributed by atoms with Gasteiger partial charge in [0, 0.05) is 10.4 Å². The Morgan fingerprint density at radius 2 is 1.93 bits per heavy atom. The first-order valence-electron chi connectivity index (χ1n) is 7.97. The minimum Gasteiger partial charge on any atom is -0.493 e. The van der Waals surface area contributed by atoms with Crippen molar-refractivity contribution in [1.82, 2.24) is 4.98 Å². The Kier molecular flexibility index (Phi) is 5.56. The molecule has 2 aromatic carbocycles. The summed E-state index contributed by atoms with van der Waals surface area (Å²) in [7, 11) is 3.05. The molecule has 1 aromatic heterocycles. The van der Waals surface area contributed by atoms with E-state index in [-0.39, 0.29) is 12.1 Å². The van der Waals surface area contributed by atoms with Crippen molar-refractivity contribution < 1.29 is 23.8 Å². The number of methoxy groups -OCH3 is 2. The third kappa shape index (κ3) is 4.17. The number of carboxylic acids is 1. The van der Waals surface area contributed by atoms with Gasteiger partial charge >= 0.3 is 5.97 Å². The van der Waals surface area contributed by atoms with E-state index in [9.17, 15) is 14.3 Å². The highest BCUT2D eigenvalue weighted by Crippen LogP contribution is 2.37. The molecule has 3 rings (SSSR count). The molecule has 0 spiro atoms. The van der Waals surface area contributed by atoms with Crippen LogP contribution in [0.25, 0.3) is 11.3 Å². The fraction of sp³-hybridized carbons (Fsp3) is 0.158. The maximum Gasteiger partial charge on any atom is 0.308 e. The van der Waals surface area contributed by atoms with E-state index in [2.05, 4.69) is 10.3 Å². The largest absolute Gasteiger partial charge is 0.493 e. The van der Waals surface area contributed by atoms with E-state index in [0.717, 1.165) is 0 Å². The van der Waals surface area contributed by atoms with E-state index < -0.39 is 11.8 Å². The third-order valence-corrected chi connectivity index (χ3v) is 4.75. The van der Waals surface area contributed by atoms with Crippen LogP contribution in [-0.4, -0.2) is 30.3 Å². The number of hydrogen-bond donors (Lipinski definition) is 2. The lowest BCUT2D eigenvalue weighted by molar-refractivity contribution is -0.136. The van der Waals surface area contributed by atoms with Crippen LogP contribution in [0, 0.1) is 5.82 Å². The summed E-state index contributed by atoms with van der Waals surface area (Å²) in [6.07, 6.45) is -0.194. The number of benzene rings is 2. The van der Waals surface area contributed by atoms with Gasteiger partial charge in [0.15, 0.2) is 16.6 Å². The summed E-state index contributed by atoms with van der Waals surface area (Å²) >= 11 is 1.17. The van der Waals surface area contributed by atoms with Crippen LogP contribution in [0.4, 0.5) is 15.2 Å². The number of ether oxygens (including phenoxy) is 2. The van der Waals surface area contributed by atoms with Gasteiger partial charge in [0.05, 0.1) is 32.0 Å². The van der Waals surface area contributed by atoms with Crippen molar-refractivity contribution in [2.24, 2.45) is 0 Å². The quantitative estimate of drug-likeness (QED) is 0.627. The summed E-state index contributed by atoms with van der Waals surface area (Å²) < 4.78 is 24.4. The molecule has 0 bridgehead atoms. The zero-order valence-corrected chi connectivity index (χ0v) is 15.5. The van der Waals surface area contributed by atoms with E-state index in [1.54, 1.807) is 36.4 Å². The first-order valence-corrected chi connectivity index (χ1v) is 8.79. The number of thiazole rings is 1. The Labute approximate surface area is 159 Å². The number of aromatic nitrogens is 1. The fourth-order valence-electron chi connectivity index (χ4n) is 2.55. The molecule has 6 nitrogen and oxygen atoms in total. The number of rotatable bonds is 7. The van der Waals surface area contributed by atoms with Gasteiger partial charge in [0.1, 0.15) is 5.82 Å². The number of aliphatic carboxylic acids is 1. The normalized spacial score (nSPS) is 10.5. The Hall–Kier alpha value is -3.13. The smallest absolute Gasteiger partial charge is 0.308 e. The topological polar surface area (TPSA) is 80.7 Å². The van der Waals surface area contributed by atoms with Crippen LogP contribution in [0.5, 0.6) is 11.5 Å². The van der Waals surface area contributed by atoms with E-state index in [0.29, 0.717) is 32.8 Å². The third-order valence-electron chi connectivity index (χ3n) is 3.78. The van der Waals surface area contributed by atoms with Gasteiger partial charge in [-0.2, -0.15) is 0 Å². The molecule has 0 unspecified atom stereocenters. The van der Waals surface area contributed by atoms with Crippen molar-refractivity contribution >= 4 is 28.1 Å². The van der Waals surface area contributed by atoms with Crippen molar-refractivity contribution in [2.45, 2.75) is 6.42 Å². The molecule has 0 saturated carbocycles. The van der Waals surface area contributed by atoms with E-state index in [1.165, 1.54) is 31.6 Å². The average molecular weight is 388 g/mol. The standard InChI is InChI=1S/C19H17FN2O4S/c1-25-14-8-7-11(9-15(14)26-2)18-16(10-17(23)24)27-19(22-18)21-13-6-4-3-5-12(13)20/h3-9H,10H2,1-2H3,(H,21,22)(H,23,24). The van der Waals surface area contributed by atoms with Gasteiger partial charge in [-0.15, -0.1) is 11.3 Å². The van der Waals surface area contributed by atoms with Crippen molar-refractivity contribution in [1.29, 1.82) is 0 Å². The van der Waals surface area contributed by atoms with Crippen LogP contribution in [0.15, 0.2) is 42.5 Å². The molecule has 8 heteroatoms. The first-order chi connectivity index (χ1) is 13.0. The molecule has 3 aromatic rings. The molecule has 0 aliphatic carbocycles. The van der Waals surface area contributed by atoms with Gasteiger partial charge in [-0.1, -0.05) is 12.1 Å². The highest BCUT2D eigenvalue weighted by atomic mass is 32.1. The SMILES string of the molecule is COc1ccc(-c2nc(Nc3ccccc3F)sc2CC(=O)O)cc1OC. The van der Waals surface area contributed by atoms with Crippen LogP contribution in [-0.2, 0) is 11.2 Å². The minimum atomic E-state index is -0.974. The van der Waals surface area contributed by atoms with E-state index in [1.807, 2.05) is 0 Å². The van der Waals surface area contributed by atoms with Gasteiger partial charge in [-0.05, 0) is 30.3 Å². The molecule has 0 aliphatic rings. The molecule has 140 valence electrons. The monoisotopic (exact) mass is 388 g/mol. The molecule has 0 amide bonds. The van der Waals surface area contributed by atoms with Crippen LogP contribution in [0.3, 0.4) is 0 Å². The molecule has 0 atom stereocenters. The molecular formula is C19H17FN2O4S. The van der Waals surface area contributed by atoms with Crippen LogP contribution < -0.4 is 14.8 Å². The predicted octanol–water partition coefficient (Wildman–Crippen LogP) is 4.34. The second-order valence-corrected chi connectivity index (χ2v) is 6.62. The molecule has 1 heterocycles. The molecule has 0 aliphatic heterocycles. The van der Waals surface area contributed by atoms with Gasteiger partial charge in [-0.3, -0.25) is 4.79 Å². The van der Waals surface area contributed by atoms with Gasteiger partial charge in [0.25, 0.3) is 0 Å². The second-order valence-electron chi connectivity index (χ2n) is 5.54. The number of halogens is 1. The van der Waals surface area contributed by atoms with Crippen LogP contribution in [0.1, 0.15) is 4.88 Å². The van der Waals surface area contributed by atoms with Gasteiger partial charge in [0.2, 0.25) is 0 Å². The second kappa shape index (κ2) is 8.05. The van der Waals surface area contributed by atoms with Gasteiger partial charge in [-0.25, -0.2) is 9.37 Å². The Bertz CT molecular complexity index is 974. The summed E-state index contributed by atoms with van der Waals surface area (Å²) in [5.41, 5.74) is 1.45. The van der Waals surface area contributed by atoms with Crippen molar-refractivity contribution in [3.8, 4) is 22.8 Å². The zero-order chi connectivity index (χ0) is 19.4. The summed E-state index contributed by atoms with van der Waals surface area (Å²) in [6.45, 7) is 0. The summed E-state index contributed by atoms with van der Waals surface area (Å²) in [5, 5.41) is 12.5. The molecule has 27 heavy (non-hydrogen) atoms. The lowest BCUT2D eigenvalue weighted by Crippen LogP contribution is -1.99. The molecule has 0 radical (unpaired) electrons. The summed E-state index contributed by atoms with van der Waals surface area (Å²) in [6, 6.07) is 11.4. The van der Waals surface area contributed by atoms with Crippen LogP contribution in [0.2, 0.25) is 0 Å². The van der Waals surface area contributed by atoms with Crippen molar-refractivity contribution in [3.05, 3.63) is 53.2 Å². The van der Waals surface area contributed by atoms with E-state index >= 15 is 0 Å². The van der Waals surface area contributed by atoms with Crippen molar-refractivity contribution in [2.75, 3.05) is 19.5 Å². The number of para-hydroxylation sites is 1. The first kappa shape index (κ1) is 18.7. The molecular weight excluding hydrogens is 371 g/mol. The molecule has 0 saturated heterocycles. The van der Waals surface area contributed by atoms with Crippen LogP contribution >= 0.6 is 11.3 Å². The van der Waals surface area contributed by atoms with Gasteiger partial charge < -0.3 is 19.9 Å². The van der Waals surface area contributed by atoms with Crippen molar-refractivity contribution in [3.63, 3.8) is 0 Å². The number of nitrogens with one attached hydrogen (secondary N) is 1. The minimum absolute atomic E-state index is 0.194. The zero-order valence-electron chi connectivity index (χ0n) is 14.7. The maximum atomic E-state index is 13.9. The predicted molar refractivity (Wildman–Crippen MR) is 102 cm³/mol. The Morgan fingerprint density at radius 3 is 2.59 bits per heavy atom. The number of hydrogen-bond acceptors (Lipinski definition) is 6. The fourth-order valence-corrected chi connectivity index (χ4v) is 3.54. The lowest BCUT2D eigenvalue weighted by atomic mass is 10.1. The number of anilines is 2. The highest BCUT2D eigenvalue weighted by Gasteiger charge is 2.18. The average Bonchev–Trinajstić information content (AvgIpc) is 3.04. The summed E-state index contributed by atoms with van der Waals surface area (Å²) in [4.78, 5) is 16.3. The Morgan fingerprint density at radius 1 is 1.19 bits per heavy atom. The Balaban J connectivity index is 2.02. The lowest BCUT2D eigenvalue weighted by Gasteiger charge is -2.09. The molecule has 2 N–H and O–H groups in total. The molecule has 0 fully saturated rings. The maximum absolute atomic E-state index is 13.9. The highest BCUT2D eigenvalue weighted by molar-refractivity contribution is 7.16. The number of carbonyl (C=O) groups is 1. The summed E-state index contributed by atoms with van der Waals surface area (Å²) in [5.74, 6) is -0.327.